The van der Waals surface area contributed by atoms with Crippen molar-refractivity contribution in [3.63, 3.8) is 0 Å². The van der Waals surface area contributed by atoms with Gasteiger partial charge in [-0.15, -0.1) is 10.2 Å². The Bertz CT molecular complexity index is 593. The molecule has 6 heteroatoms. The zero-order valence-electron chi connectivity index (χ0n) is 13.0. The molecule has 6 nitrogen and oxygen atoms in total. The highest BCUT2D eigenvalue weighted by Crippen LogP contribution is 2.21. The first-order chi connectivity index (χ1) is 10.7. The van der Waals surface area contributed by atoms with Crippen molar-refractivity contribution >= 4 is 5.91 Å². The van der Waals surface area contributed by atoms with Crippen LogP contribution in [0.2, 0.25) is 0 Å². The van der Waals surface area contributed by atoms with Crippen molar-refractivity contribution in [2.75, 3.05) is 13.2 Å². The average Bonchev–Trinajstić information content (AvgIpc) is 3.00. The van der Waals surface area contributed by atoms with Crippen molar-refractivity contribution < 1.29 is 13.9 Å². The van der Waals surface area contributed by atoms with Gasteiger partial charge in [0.05, 0.1) is 0 Å². The standard InChI is InChI=1S/C16H21N3O3/c1-3-5-15-18-19-16(22-15)12-6-8-13(9-7-12)21-11-14(20)17-10-4-2/h6-9H,3-5,10-11H2,1-2H3,(H,17,20). The number of nitrogens with zero attached hydrogens (tertiary/aromatic N) is 2. The molecule has 2 aromatic rings. The summed E-state index contributed by atoms with van der Waals surface area (Å²) in [4.78, 5) is 11.5. The lowest BCUT2D eigenvalue weighted by atomic mass is 10.2. The fraction of sp³-hybridized carbons (Fsp3) is 0.438. The Balaban J connectivity index is 1.90. The highest BCUT2D eigenvalue weighted by molar-refractivity contribution is 5.77. The molecule has 0 aliphatic carbocycles. The molecule has 2 rings (SSSR count). The smallest absolute Gasteiger partial charge is 0.257 e. The SMILES string of the molecule is CCCNC(=O)COc1ccc(-c2nnc(CCC)o2)cc1. The molecule has 1 aromatic heterocycles. The van der Waals surface area contributed by atoms with Gasteiger partial charge in [-0.2, -0.15) is 0 Å². The lowest BCUT2D eigenvalue weighted by Gasteiger charge is -2.06. The molecule has 1 heterocycles. The van der Waals surface area contributed by atoms with Crippen LogP contribution in [-0.4, -0.2) is 29.3 Å². The Labute approximate surface area is 129 Å². The Morgan fingerprint density at radius 2 is 1.95 bits per heavy atom. The van der Waals surface area contributed by atoms with Crippen LogP contribution in [0.4, 0.5) is 0 Å². The first-order valence-electron chi connectivity index (χ1n) is 7.55. The molecule has 1 aromatic carbocycles. The highest BCUT2D eigenvalue weighted by Gasteiger charge is 2.08. The van der Waals surface area contributed by atoms with Gasteiger partial charge in [0.2, 0.25) is 11.8 Å². The molecule has 1 amide bonds. The number of carbonyl (C=O) groups is 1. The Morgan fingerprint density at radius 3 is 2.64 bits per heavy atom. The maximum absolute atomic E-state index is 11.5. The van der Waals surface area contributed by atoms with Crippen molar-refractivity contribution in [1.82, 2.24) is 15.5 Å². The van der Waals surface area contributed by atoms with Crippen LogP contribution < -0.4 is 10.1 Å². The van der Waals surface area contributed by atoms with Gasteiger partial charge in [-0.1, -0.05) is 13.8 Å². The molecule has 0 radical (unpaired) electrons. The Morgan fingerprint density at radius 1 is 1.18 bits per heavy atom. The summed E-state index contributed by atoms with van der Waals surface area (Å²) in [6.45, 7) is 4.74. The summed E-state index contributed by atoms with van der Waals surface area (Å²) in [5.74, 6) is 1.65. The van der Waals surface area contributed by atoms with E-state index in [1.807, 2.05) is 19.1 Å². The van der Waals surface area contributed by atoms with Crippen LogP contribution in [0.3, 0.4) is 0 Å². The third kappa shape index (κ3) is 4.58. The van der Waals surface area contributed by atoms with Gasteiger partial charge < -0.3 is 14.5 Å². The van der Waals surface area contributed by atoms with E-state index in [9.17, 15) is 4.79 Å². The van der Waals surface area contributed by atoms with Gasteiger partial charge in [0.25, 0.3) is 5.91 Å². The normalized spacial score (nSPS) is 10.5. The topological polar surface area (TPSA) is 77.2 Å². The summed E-state index contributed by atoms with van der Waals surface area (Å²) in [5, 5.41) is 10.8. The second-order valence-corrected chi connectivity index (χ2v) is 4.91. The second kappa shape index (κ2) is 8.17. The maximum atomic E-state index is 11.5. The van der Waals surface area contributed by atoms with Crippen LogP contribution in [0.15, 0.2) is 28.7 Å². The summed E-state index contributed by atoms with van der Waals surface area (Å²) >= 11 is 0. The fourth-order valence-corrected chi connectivity index (χ4v) is 1.84. The third-order valence-electron chi connectivity index (χ3n) is 2.97. The number of nitrogens with one attached hydrogen (secondary N) is 1. The third-order valence-corrected chi connectivity index (χ3v) is 2.97. The van der Waals surface area contributed by atoms with Crippen molar-refractivity contribution in [3.05, 3.63) is 30.2 Å². The molecule has 0 saturated carbocycles. The quantitative estimate of drug-likeness (QED) is 0.811. The minimum absolute atomic E-state index is 0.0144. The summed E-state index contributed by atoms with van der Waals surface area (Å²) < 4.78 is 11.0. The predicted octanol–water partition coefficient (Wildman–Crippen LogP) is 2.59. The van der Waals surface area contributed by atoms with Crippen LogP contribution >= 0.6 is 0 Å². The molecule has 0 saturated heterocycles. The zero-order valence-corrected chi connectivity index (χ0v) is 13.0. The number of carbonyl (C=O) groups excluding carboxylic acids is 1. The van der Waals surface area contributed by atoms with Crippen molar-refractivity contribution in [3.8, 4) is 17.2 Å². The molecular formula is C16H21N3O3. The minimum Gasteiger partial charge on any atom is -0.484 e. The first-order valence-corrected chi connectivity index (χ1v) is 7.55. The molecular weight excluding hydrogens is 282 g/mol. The molecule has 0 fully saturated rings. The van der Waals surface area contributed by atoms with Crippen molar-refractivity contribution in [2.24, 2.45) is 0 Å². The zero-order chi connectivity index (χ0) is 15.8. The van der Waals surface area contributed by atoms with Gasteiger partial charge in [0.1, 0.15) is 5.75 Å². The van der Waals surface area contributed by atoms with E-state index in [1.54, 1.807) is 12.1 Å². The van der Waals surface area contributed by atoms with Crippen molar-refractivity contribution in [1.29, 1.82) is 0 Å². The van der Waals surface area contributed by atoms with E-state index >= 15 is 0 Å². The lowest BCUT2D eigenvalue weighted by molar-refractivity contribution is -0.123. The highest BCUT2D eigenvalue weighted by atomic mass is 16.5. The maximum Gasteiger partial charge on any atom is 0.257 e. The Hall–Kier alpha value is -2.37. The molecule has 22 heavy (non-hydrogen) atoms. The second-order valence-electron chi connectivity index (χ2n) is 4.91. The largest absolute Gasteiger partial charge is 0.484 e. The van der Waals surface area contributed by atoms with Crippen LogP contribution in [0.1, 0.15) is 32.6 Å². The molecule has 118 valence electrons. The average molecular weight is 303 g/mol. The van der Waals surface area contributed by atoms with E-state index in [4.69, 9.17) is 9.15 Å². The van der Waals surface area contributed by atoms with Crippen LogP contribution in [0.25, 0.3) is 11.5 Å². The number of hydrogen-bond acceptors (Lipinski definition) is 5. The monoisotopic (exact) mass is 303 g/mol. The fourth-order valence-electron chi connectivity index (χ4n) is 1.84. The van der Waals surface area contributed by atoms with Gasteiger partial charge in [0.15, 0.2) is 6.61 Å². The number of aryl methyl sites for hydroxylation is 1. The van der Waals surface area contributed by atoms with Gasteiger partial charge in [-0.25, -0.2) is 0 Å². The lowest BCUT2D eigenvalue weighted by Crippen LogP contribution is -2.29. The van der Waals surface area contributed by atoms with E-state index in [0.29, 0.717) is 24.1 Å². The summed E-state index contributed by atoms with van der Waals surface area (Å²) in [5.41, 5.74) is 0.831. The van der Waals surface area contributed by atoms with Crippen molar-refractivity contribution in [2.45, 2.75) is 33.1 Å². The molecule has 0 aliphatic rings. The van der Waals surface area contributed by atoms with Crippen LogP contribution in [0.5, 0.6) is 5.75 Å². The van der Waals surface area contributed by atoms with E-state index in [1.165, 1.54) is 0 Å². The first kappa shape index (κ1) is 16.0. The van der Waals surface area contributed by atoms with Crippen LogP contribution in [-0.2, 0) is 11.2 Å². The number of amides is 1. The molecule has 0 aliphatic heterocycles. The molecule has 0 unspecified atom stereocenters. The van der Waals surface area contributed by atoms with Gasteiger partial charge in [-0.3, -0.25) is 4.79 Å². The number of rotatable bonds is 8. The molecule has 0 spiro atoms. The van der Waals surface area contributed by atoms with Gasteiger partial charge in [0, 0.05) is 18.5 Å². The number of ether oxygens (including phenoxy) is 1. The Kier molecular flexibility index (Phi) is 5.94. The van der Waals surface area contributed by atoms with E-state index in [-0.39, 0.29) is 12.5 Å². The predicted molar refractivity (Wildman–Crippen MR) is 82.5 cm³/mol. The number of hydrogen-bond donors (Lipinski definition) is 1. The van der Waals surface area contributed by atoms with Gasteiger partial charge in [-0.05, 0) is 37.1 Å². The minimum atomic E-state index is -0.118. The molecule has 0 bridgehead atoms. The number of aromatic nitrogens is 2. The van der Waals surface area contributed by atoms with Crippen LogP contribution in [0, 0.1) is 0 Å². The molecule has 0 atom stereocenters. The van der Waals surface area contributed by atoms with Gasteiger partial charge >= 0.3 is 0 Å². The summed E-state index contributed by atoms with van der Waals surface area (Å²) in [6, 6.07) is 7.24. The number of benzene rings is 1. The van der Waals surface area contributed by atoms with E-state index < -0.39 is 0 Å². The molecule has 1 N–H and O–H groups in total. The summed E-state index contributed by atoms with van der Waals surface area (Å²) in [7, 11) is 0. The van der Waals surface area contributed by atoms with E-state index in [2.05, 4.69) is 22.4 Å². The van der Waals surface area contributed by atoms with E-state index in [0.717, 1.165) is 24.8 Å². The summed E-state index contributed by atoms with van der Waals surface area (Å²) in [6.07, 6.45) is 2.65.